The molecule has 1 atom stereocenters. The molecule has 26 heavy (non-hydrogen) atoms. The molecule has 0 bridgehead atoms. The Labute approximate surface area is 153 Å². The fourth-order valence-corrected chi connectivity index (χ4v) is 2.80. The normalized spacial score (nSPS) is 11.7. The van der Waals surface area contributed by atoms with E-state index in [-0.39, 0.29) is 11.8 Å². The Kier molecular flexibility index (Phi) is 7.64. The molecule has 138 valence electrons. The Morgan fingerprint density at radius 1 is 0.923 bits per heavy atom. The fraction of sp³-hybridized carbons (Fsp3) is 0.300. The van der Waals surface area contributed by atoms with E-state index in [1.807, 2.05) is 67.7 Å². The summed E-state index contributed by atoms with van der Waals surface area (Å²) in [7, 11) is 3.10. The van der Waals surface area contributed by atoms with Crippen LogP contribution in [0.1, 0.15) is 17.0 Å². The lowest BCUT2D eigenvalue weighted by Crippen LogP contribution is -2.51. The lowest BCUT2D eigenvalue weighted by Gasteiger charge is -2.27. The summed E-state index contributed by atoms with van der Waals surface area (Å²) >= 11 is 0. The Morgan fingerprint density at radius 3 is 1.92 bits per heavy atom. The summed E-state index contributed by atoms with van der Waals surface area (Å²) in [5.74, 6) is -0.602. The van der Waals surface area contributed by atoms with Crippen LogP contribution >= 0.6 is 0 Å². The van der Waals surface area contributed by atoms with Crippen molar-refractivity contribution in [2.45, 2.75) is 12.0 Å². The van der Waals surface area contributed by atoms with Crippen molar-refractivity contribution in [2.24, 2.45) is 0 Å². The fourth-order valence-electron chi connectivity index (χ4n) is 2.80. The van der Waals surface area contributed by atoms with E-state index < -0.39 is 12.1 Å². The van der Waals surface area contributed by atoms with Gasteiger partial charge < -0.3 is 20.7 Å². The van der Waals surface area contributed by atoms with Crippen molar-refractivity contribution in [3.05, 3.63) is 71.8 Å². The monoisotopic (exact) mass is 355 g/mol. The number of hydrogen-bond acceptors (Lipinski definition) is 4. The average Bonchev–Trinajstić information content (AvgIpc) is 2.69. The van der Waals surface area contributed by atoms with Crippen LogP contribution in [0.5, 0.6) is 0 Å². The summed E-state index contributed by atoms with van der Waals surface area (Å²) in [5, 5.41) is 8.54. The Bertz CT molecular complexity index is 652. The zero-order chi connectivity index (χ0) is 18.8. The van der Waals surface area contributed by atoms with Crippen LogP contribution in [-0.4, -0.2) is 45.3 Å². The second-order valence-corrected chi connectivity index (χ2v) is 5.81. The average molecular weight is 355 g/mol. The van der Waals surface area contributed by atoms with Crippen molar-refractivity contribution in [2.75, 3.05) is 27.2 Å². The summed E-state index contributed by atoms with van der Waals surface area (Å²) in [4.78, 5) is 24.7. The molecule has 0 fully saturated rings. The molecule has 3 N–H and O–H groups in total. The van der Waals surface area contributed by atoms with E-state index in [4.69, 9.17) is 4.74 Å². The van der Waals surface area contributed by atoms with E-state index in [1.54, 1.807) is 0 Å². The Hall–Kier alpha value is -2.86. The number of hydrogen-bond donors (Lipinski definition) is 3. The van der Waals surface area contributed by atoms with E-state index in [0.29, 0.717) is 13.1 Å². The van der Waals surface area contributed by atoms with Crippen molar-refractivity contribution in [1.29, 1.82) is 0 Å². The smallest absolute Gasteiger partial charge is 0.407 e. The lowest BCUT2D eigenvalue weighted by atomic mass is 9.84. The number of nitrogens with one attached hydrogen (secondary N) is 3. The van der Waals surface area contributed by atoms with Gasteiger partial charge in [0.25, 0.3) is 0 Å². The number of likely N-dealkylation sites (N-methyl/N-ethyl adjacent to an activating group) is 1. The summed E-state index contributed by atoms with van der Waals surface area (Å²) in [6.45, 7) is 1.10. The molecule has 0 spiro atoms. The first kappa shape index (κ1) is 19.5. The van der Waals surface area contributed by atoms with Gasteiger partial charge in [0.05, 0.1) is 7.11 Å². The van der Waals surface area contributed by atoms with Gasteiger partial charge in [-0.05, 0) is 18.2 Å². The van der Waals surface area contributed by atoms with Gasteiger partial charge in [0.1, 0.15) is 6.04 Å². The topological polar surface area (TPSA) is 79.5 Å². The lowest BCUT2D eigenvalue weighted by molar-refractivity contribution is -0.123. The van der Waals surface area contributed by atoms with Crippen molar-refractivity contribution in [3.8, 4) is 0 Å². The molecule has 2 amide bonds. The van der Waals surface area contributed by atoms with Crippen LogP contribution in [0.2, 0.25) is 0 Å². The van der Waals surface area contributed by atoms with Crippen molar-refractivity contribution >= 4 is 12.0 Å². The second kappa shape index (κ2) is 10.2. The Balaban J connectivity index is 2.39. The third kappa shape index (κ3) is 5.32. The molecule has 0 saturated carbocycles. The SMILES string of the molecule is CNCCNC(=O)[C@@H](NC(=O)OC)C(c1ccccc1)c1ccccc1. The molecule has 6 nitrogen and oxygen atoms in total. The Morgan fingerprint density at radius 2 is 1.46 bits per heavy atom. The van der Waals surface area contributed by atoms with Gasteiger partial charge in [-0.15, -0.1) is 0 Å². The van der Waals surface area contributed by atoms with Gasteiger partial charge >= 0.3 is 6.09 Å². The highest BCUT2D eigenvalue weighted by atomic mass is 16.5. The maximum Gasteiger partial charge on any atom is 0.407 e. The first-order valence-corrected chi connectivity index (χ1v) is 8.54. The van der Waals surface area contributed by atoms with Crippen LogP contribution < -0.4 is 16.0 Å². The molecule has 0 aliphatic rings. The maximum atomic E-state index is 12.8. The van der Waals surface area contributed by atoms with Gasteiger partial charge in [0, 0.05) is 19.0 Å². The number of carbonyl (C=O) groups is 2. The quantitative estimate of drug-likeness (QED) is 0.632. The molecule has 2 aromatic rings. The summed E-state index contributed by atoms with van der Waals surface area (Å²) in [6.07, 6.45) is -0.643. The minimum atomic E-state index is -0.802. The second-order valence-electron chi connectivity index (χ2n) is 5.81. The zero-order valence-electron chi connectivity index (χ0n) is 15.1. The van der Waals surface area contributed by atoms with Gasteiger partial charge in [-0.25, -0.2) is 4.79 Å². The van der Waals surface area contributed by atoms with Gasteiger partial charge in [-0.1, -0.05) is 60.7 Å². The number of amides is 2. The number of ether oxygens (including phenoxy) is 1. The number of carbonyl (C=O) groups excluding carboxylic acids is 2. The highest BCUT2D eigenvalue weighted by molar-refractivity contribution is 5.87. The predicted octanol–water partition coefficient (Wildman–Crippen LogP) is 1.88. The minimum Gasteiger partial charge on any atom is -0.453 e. The first-order chi connectivity index (χ1) is 12.7. The number of alkyl carbamates (subject to hydrolysis) is 1. The van der Waals surface area contributed by atoms with Crippen LogP contribution in [0.3, 0.4) is 0 Å². The molecule has 0 radical (unpaired) electrons. The molecule has 0 aliphatic heterocycles. The highest BCUT2D eigenvalue weighted by Crippen LogP contribution is 2.28. The van der Waals surface area contributed by atoms with Crippen LogP contribution in [-0.2, 0) is 9.53 Å². The van der Waals surface area contributed by atoms with Crippen LogP contribution in [0.15, 0.2) is 60.7 Å². The van der Waals surface area contributed by atoms with E-state index in [1.165, 1.54) is 7.11 Å². The molecule has 0 aromatic heterocycles. The van der Waals surface area contributed by atoms with Gasteiger partial charge in [-0.2, -0.15) is 0 Å². The summed E-state index contributed by atoms with van der Waals surface area (Å²) in [6, 6.07) is 18.5. The number of methoxy groups -OCH3 is 1. The van der Waals surface area contributed by atoms with Crippen molar-refractivity contribution in [3.63, 3.8) is 0 Å². The molecule has 2 rings (SSSR count). The third-order valence-corrected chi connectivity index (χ3v) is 4.07. The van der Waals surface area contributed by atoms with E-state index in [9.17, 15) is 9.59 Å². The van der Waals surface area contributed by atoms with Crippen molar-refractivity contribution < 1.29 is 14.3 Å². The first-order valence-electron chi connectivity index (χ1n) is 8.54. The number of benzene rings is 2. The molecule has 0 heterocycles. The largest absolute Gasteiger partial charge is 0.453 e. The molecular formula is C20H25N3O3. The molecule has 2 aromatic carbocycles. The zero-order valence-corrected chi connectivity index (χ0v) is 15.1. The van der Waals surface area contributed by atoms with Crippen LogP contribution in [0.4, 0.5) is 4.79 Å². The molecule has 0 saturated heterocycles. The standard InChI is InChI=1S/C20H25N3O3/c1-21-13-14-22-19(24)18(23-20(25)26-2)17(15-9-5-3-6-10-15)16-11-7-4-8-12-16/h3-12,17-18,21H,13-14H2,1-2H3,(H,22,24)(H,23,25)/t18-/m0/s1. The maximum absolute atomic E-state index is 12.8. The summed E-state index contributed by atoms with van der Waals surface area (Å²) < 4.78 is 4.74. The molecule has 0 aliphatic carbocycles. The van der Waals surface area contributed by atoms with Crippen molar-refractivity contribution in [1.82, 2.24) is 16.0 Å². The predicted molar refractivity (Wildman–Crippen MR) is 101 cm³/mol. The van der Waals surface area contributed by atoms with Gasteiger partial charge in [-0.3, -0.25) is 4.79 Å². The van der Waals surface area contributed by atoms with Crippen LogP contribution in [0.25, 0.3) is 0 Å². The molecule has 6 heteroatoms. The van der Waals surface area contributed by atoms with Gasteiger partial charge in [0.2, 0.25) is 5.91 Å². The minimum absolute atomic E-state index is 0.261. The van der Waals surface area contributed by atoms with E-state index in [2.05, 4.69) is 16.0 Å². The number of rotatable bonds is 8. The summed E-state index contributed by atoms with van der Waals surface area (Å²) in [5.41, 5.74) is 1.87. The third-order valence-electron chi connectivity index (χ3n) is 4.07. The van der Waals surface area contributed by atoms with Crippen LogP contribution in [0, 0.1) is 0 Å². The van der Waals surface area contributed by atoms with Gasteiger partial charge in [0.15, 0.2) is 0 Å². The van der Waals surface area contributed by atoms with E-state index in [0.717, 1.165) is 11.1 Å². The molecular weight excluding hydrogens is 330 g/mol. The molecule has 0 unspecified atom stereocenters. The highest BCUT2D eigenvalue weighted by Gasteiger charge is 2.32. The van der Waals surface area contributed by atoms with E-state index >= 15 is 0 Å².